The monoisotopic (exact) mass is 342 g/mol. The van der Waals surface area contributed by atoms with Crippen LogP contribution in [-0.2, 0) is 16.4 Å². The summed E-state index contributed by atoms with van der Waals surface area (Å²) in [6.45, 7) is 2.36. The van der Waals surface area contributed by atoms with E-state index in [-0.39, 0.29) is 10.9 Å². The number of nitrogens with zero attached hydrogens (tertiary/aromatic N) is 1. The third-order valence-corrected chi connectivity index (χ3v) is 4.78. The third kappa shape index (κ3) is 4.03. The van der Waals surface area contributed by atoms with Crippen LogP contribution >= 0.6 is 11.6 Å². The minimum atomic E-state index is -3.56. The average molecular weight is 343 g/mol. The highest BCUT2D eigenvalue weighted by molar-refractivity contribution is 7.90. The summed E-state index contributed by atoms with van der Waals surface area (Å²) < 4.78 is 36.7. The van der Waals surface area contributed by atoms with Gasteiger partial charge < -0.3 is 5.32 Å². The van der Waals surface area contributed by atoms with Gasteiger partial charge in [0.1, 0.15) is 10.7 Å². The molecular formula is C15H16ClFN2O2S. The summed E-state index contributed by atoms with van der Waals surface area (Å²) in [7, 11) is -3.56. The number of halogens is 2. The van der Waals surface area contributed by atoms with Crippen LogP contribution in [0.1, 0.15) is 24.1 Å². The van der Waals surface area contributed by atoms with Crippen LogP contribution in [0, 0.1) is 5.82 Å². The van der Waals surface area contributed by atoms with Gasteiger partial charge in [-0.2, -0.15) is 0 Å². The first-order valence-electron chi connectivity index (χ1n) is 6.60. The zero-order valence-electron chi connectivity index (χ0n) is 12.2. The Morgan fingerprint density at radius 1 is 1.36 bits per heavy atom. The highest BCUT2D eigenvalue weighted by Gasteiger charge is 2.15. The summed E-state index contributed by atoms with van der Waals surface area (Å²) in [4.78, 5) is 3.62. The lowest BCUT2D eigenvalue weighted by molar-refractivity contribution is 0.550. The number of rotatable bonds is 5. The van der Waals surface area contributed by atoms with Crippen molar-refractivity contribution in [2.75, 3.05) is 6.26 Å². The van der Waals surface area contributed by atoms with Crippen molar-refractivity contribution in [1.29, 1.82) is 0 Å². The SMILES string of the molecule is C[C@@H](NCc1ccncc1Cl)c1ccc(S(C)(=O)=O)c(F)c1. The molecule has 1 heterocycles. The Morgan fingerprint density at radius 2 is 2.09 bits per heavy atom. The number of hydrogen-bond donors (Lipinski definition) is 1. The van der Waals surface area contributed by atoms with E-state index in [2.05, 4.69) is 10.3 Å². The van der Waals surface area contributed by atoms with E-state index in [0.29, 0.717) is 17.1 Å². The second kappa shape index (κ2) is 6.73. The molecule has 0 saturated carbocycles. The Labute approximate surface area is 134 Å². The molecule has 1 aromatic carbocycles. The zero-order valence-corrected chi connectivity index (χ0v) is 13.7. The molecule has 0 fully saturated rings. The van der Waals surface area contributed by atoms with E-state index < -0.39 is 15.7 Å². The normalized spacial score (nSPS) is 13.1. The predicted octanol–water partition coefficient (Wildman–Crippen LogP) is 3.13. The van der Waals surface area contributed by atoms with Gasteiger partial charge in [0.05, 0.1) is 5.02 Å². The van der Waals surface area contributed by atoms with Crippen LogP contribution in [0.5, 0.6) is 0 Å². The van der Waals surface area contributed by atoms with Crippen molar-refractivity contribution in [3.63, 3.8) is 0 Å². The fourth-order valence-electron chi connectivity index (χ4n) is 2.02. The minimum Gasteiger partial charge on any atom is -0.306 e. The van der Waals surface area contributed by atoms with Crippen molar-refractivity contribution >= 4 is 21.4 Å². The van der Waals surface area contributed by atoms with Crippen LogP contribution in [0.4, 0.5) is 4.39 Å². The van der Waals surface area contributed by atoms with Gasteiger partial charge in [0.15, 0.2) is 9.84 Å². The molecule has 0 radical (unpaired) electrons. The lowest BCUT2D eigenvalue weighted by atomic mass is 10.1. The third-order valence-electron chi connectivity index (χ3n) is 3.31. The summed E-state index contributed by atoms with van der Waals surface area (Å²) >= 11 is 6.02. The highest BCUT2D eigenvalue weighted by Crippen LogP contribution is 2.21. The van der Waals surface area contributed by atoms with E-state index in [1.54, 1.807) is 24.5 Å². The van der Waals surface area contributed by atoms with Gasteiger partial charge in [-0.1, -0.05) is 17.7 Å². The molecule has 0 spiro atoms. The molecule has 4 nitrogen and oxygen atoms in total. The maximum atomic E-state index is 13.9. The Hall–Kier alpha value is -1.50. The van der Waals surface area contributed by atoms with Gasteiger partial charge in [-0.05, 0) is 36.2 Å². The summed E-state index contributed by atoms with van der Waals surface area (Å²) in [5, 5.41) is 3.77. The van der Waals surface area contributed by atoms with Crippen molar-refractivity contribution in [1.82, 2.24) is 10.3 Å². The molecule has 0 amide bonds. The van der Waals surface area contributed by atoms with Crippen molar-refractivity contribution in [2.45, 2.75) is 24.4 Å². The maximum absolute atomic E-state index is 13.9. The van der Waals surface area contributed by atoms with Crippen molar-refractivity contribution in [3.8, 4) is 0 Å². The lowest BCUT2D eigenvalue weighted by Crippen LogP contribution is -2.18. The summed E-state index contributed by atoms with van der Waals surface area (Å²) in [5.41, 5.74) is 1.55. The first-order valence-corrected chi connectivity index (χ1v) is 8.87. The molecular weight excluding hydrogens is 327 g/mol. The van der Waals surface area contributed by atoms with E-state index in [1.807, 2.05) is 6.92 Å². The van der Waals surface area contributed by atoms with Gasteiger partial charge >= 0.3 is 0 Å². The van der Waals surface area contributed by atoms with E-state index in [4.69, 9.17) is 11.6 Å². The average Bonchev–Trinajstić information content (AvgIpc) is 2.44. The number of nitrogens with one attached hydrogen (secondary N) is 1. The zero-order chi connectivity index (χ0) is 16.3. The smallest absolute Gasteiger partial charge is 0.178 e. The molecule has 1 aromatic heterocycles. The Bertz CT molecular complexity index is 781. The van der Waals surface area contributed by atoms with E-state index in [1.165, 1.54) is 12.1 Å². The fourth-order valence-corrected chi connectivity index (χ4v) is 2.93. The maximum Gasteiger partial charge on any atom is 0.178 e. The topological polar surface area (TPSA) is 59.1 Å². The predicted molar refractivity (Wildman–Crippen MR) is 84.0 cm³/mol. The number of sulfone groups is 1. The molecule has 0 aliphatic heterocycles. The van der Waals surface area contributed by atoms with E-state index in [0.717, 1.165) is 11.8 Å². The van der Waals surface area contributed by atoms with E-state index in [9.17, 15) is 12.8 Å². The first kappa shape index (κ1) is 16.9. The van der Waals surface area contributed by atoms with Crippen LogP contribution < -0.4 is 5.32 Å². The minimum absolute atomic E-state index is 0.160. The molecule has 22 heavy (non-hydrogen) atoms. The molecule has 1 atom stereocenters. The molecule has 0 saturated heterocycles. The Morgan fingerprint density at radius 3 is 2.68 bits per heavy atom. The second-order valence-electron chi connectivity index (χ2n) is 5.03. The van der Waals surface area contributed by atoms with Gasteiger partial charge in [-0.15, -0.1) is 0 Å². The quantitative estimate of drug-likeness (QED) is 0.907. The van der Waals surface area contributed by atoms with Crippen LogP contribution in [0.2, 0.25) is 5.02 Å². The largest absolute Gasteiger partial charge is 0.306 e. The van der Waals surface area contributed by atoms with Crippen LogP contribution in [0.15, 0.2) is 41.6 Å². The summed E-state index contributed by atoms with van der Waals surface area (Å²) in [6, 6.07) is 5.77. The number of aromatic nitrogens is 1. The molecule has 1 N–H and O–H groups in total. The lowest BCUT2D eigenvalue weighted by Gasteiger charge is -2.15. The number of benzene rings is 1. The van der Waals surface area contributed by atoms with Gasteiger partial charge in [0.25, 0.3) is 0 Å². The highest BCUT2D eigenvalue weighted by atomic mass is 35.5. The summed E-state index contributed by atoms with van der Waals surface area (Å²) in [5.74, 6) is -0.740. The second-order valence-corrected chi connectivity index (χ2v) is 7.42. The fraction of sp³-hybridized carbons (Fsp3) is 0.267. The first-order chi connectivity index (χ1) is 10.3. The van der Waals surface area contributed by atoms with Gasteiger partial charge in [-0.3, -0.25) is 4.98 Å². The summed E-state index contributed by atoms with van der Waals surface area (Å²) in [6.07, 6.45) is 4.19. The van der Waals surface area contributed by atoms with Crippen molar-refractivity contribution in [3.05, 3.63) is 58.6 Å². The standard InChI is InChI=1S/C15H16ClFN2O2S/c1-10(19-8-12-5-6-18-9-13(12)16)11-3-4-15(14(17)7-11)22(2,20)21/h3-7,9-10,19H,8H2,1-2H3/t10-/m1/s1. The van der Waals surface area contributed by atoms with Crippen LogP contribution in [0.3, 0.4) is 0 Å². The number of hydrogen-bond acceptors (Lipinski definition) is 4. The van der Waals surface area contributed by atoms with Crippen LogP contribution in [-0.4, -0.2) is 19.7 Å². The van der Waals surface area contributed by atoms with Gasteiger partial charge in [0.2, 0.25) is 0 Å². The van der Waals surface area contributed by atoms with E-state index >= 15 is 0 Å². The number of pyridine rings is 1. The Kier molecular flexibility index (Phi) is 5.16. The van der Waals surface area contributed by atoms with Crippen molar-refractivity contribution < 1.29 is 12.8 Å². The van der Waals surface area contributed by atoms with Crippen molar-refractivity contribution in [2.24, 2.45) is 0 Å². The molecule has 0 aliphatic carbocycles. The van der Waals surface area contributed by atoms with Crippen LogP contribution in [0.25, 0.3) is 0 Å². The Balaban J connectivity index is 2.12. The molecule has 0 aliphatic rings. The molecule has 118 valence electrons. The van der Waals surface area contributed by atoms with Gasteiger partial charge in [0, 0.05) is 31.2 Å². The van der Waals surface area contributed by atoms with Gasteiger partial charge in [-0.25, -0.2) is 12.8 Å². The molecule has 0 unspecified atom stereocenters. The molecule has 7 heteroatoms. The molecule has 2 rings (SSSR count). The molecule has 2 aromatic rings. The molecule has 0 bridgehead atoms.